The highest BCUT2D eigenvalue weighted by atomic mass is 35.5. The third-order valence-electron chi connectivity index (χ3n) is 3.95. The van der Waals surface area contributed by atoms with Crippen molar-refractivity contribution in [1.82, 2.24) is 4.98 Å². The van der Waals surface area contributed by atoms with Gasteiger partial charge in [-0.15, -0.1) is 0 Å². The molecule has 3 rings (SSSR count). The highest BCUT2D eigenvalue weighted by Crippen LogP contribution is 2.32. The van der Waals surface area contributed by atoms with E-state index in [0.717, 1.165) is 16.5 Å². The minimum atomic E-state index is -0.578. The van der Waals surface area contributed by atoms with Crippen LogP contribution >= 0.6 is 22.9 Å². The number of aromatic amines is 1. The summed E-state index contributed by atoms with van der Waals surface area (Å²) < 4.78 is 4.93. The molecule has 5 nitrogen and oxygen atoms in total. The summed E-state index contributed by atoms with van der Waals surface area (Å²) in [7, 11) is 1.35. The zero-order chi connectivity index (χ0) is 17.3. The average molecular weight is 363 g/mol. The number of benzene rings is 1. The largest absolute Gasteiger partial charge is 0.469 e. The summed E-state index contributed by atoms with van der Waals surface area (Å²) >= 11 is 7.58. The van der Waals surface area contributed by atoms with E-state index in [1.54, 1.807) is 18.2 Å². The van der Waals surface area contributed by atoms with Crippen LogP contribution in [-0.2, 0) is 16.0 Å². The number of primary amides is 1. The second-order valence-corrected chi connectivity index (χ2v) is 6.59. The van der Waals surface area contributed by atoms with Crippen LogP contribution in [0.4, 0.5) is 0 Å². The number of hydrogen-bond acceptors (Lipinski definition) is 4. The molecule has 124 valence electrons. The van der Waals surface area contributed by atoms with Crippen LogP contribution in [0.5, 0.6) is 0 Å². The van der Waals surface area contributed by atoms with Gasteiger partial charge in [0.15, 0.2) is 0 Å². The molecule has 0 aliphatic carbocycles. The van der Waals surface area contributed by atoms with Crippen LogP contribution in [0, 0.1) is 0 Å². The first-order valence-electron chi connectivity index (χ1n) is 7.21. The van der Waals surface area contributed by atoms with Crippen LogP contribution < -0.4 is 5.73 Å². The van der Waals surface area contributed by atoms with Gasteiger partial charge in [-0.2, -0.15) is 11.3 Å². The monoisotopic (exact) mass is 362 g/mol. The molecule has 0 radical (unpaired) electrons. The number of carbonyl (C=O) groups excluding carboxylic acids is 2. The number of rotatable bonds is 5. The highest BCUT2D eigenvalue weighted by Gasteiger charge is 2.26. The standard InChI is InChI=1S/C17H15ClN2O3S/c1-23-17(22)11(9-4-5-24-8-9)7-13-12-6-10(18)2-3-14(12)20-15(13)16(19)21/h2-6,8,11,20H,7H2,1H3,(H2,19,21). The van der Waals surface area contributed by atoms with Crippen LogP contribution in [0.2, 0.25) is 5.02 Å². The molecule has 0 spiro atoms. The summed E-state index contributed by atoms with van der Waals surface area (Å²) in [6.45, 7) is 0. The second-order valence-electron chi connectivity index (χ2n) is 5.37. The molecule has 1 unspecified atom stereocenters. The van der Waals surface area contributed by atoms with Gasteiger partial charge in [-0.25, -0.2) is 0 Å². The van der Waals surface area contributed by atoms with Gasteiger partial charge in [0.05, 0.1) is 13.0 Å². The first kappa shape index (κ1) is 16.5. The molecule has 2 aromatic heterocycles. The Bertz CT molecular complexity index is 902. The third-order valence-corrected chi connectivity index (χ3v) is 4.89. The van der Waals surface area contributed by atoms with Crippen molar-refractivity contribution < 1.29 is 14.3 Å². The Balaban J connectivity index is 2.13. The lowest BCUT2D eigenvalue weighted by atomic mass is 9.92. The molecule has 0 saturated carbocycles. The number of esters is 1. The number of carbonyl (C=O) groups is 2. The molecule has 1 amide bonds. The van der Waals surface area contributed by atoms with Gasteiger partial charge in [-0.1, -0.05) is 11.6 Å². The lowest BCUT2D eigenvalue weighted by Gasteiger charge is -2.14. The van der Waals surface area contributed by atoms with Gasteiger partial charge in [0.2, 0.25) is 0 Å². The zero-order valence-corrected chi connectivity index (χ0v) is 14.4. The van der Waals surface area contributed by atoms with E-state index >= 15 is 0 Å². The summed E-state index contributed by atoms with van der Waals surface area (Å²) in [5, 5.41) is 5.11. The Kier molecular flexibility index (Phi) is 4.59. The molecule has 1 aromatic carbocycles. The summed E-state index contributed by atoms with van der Waals surface area (Å²) in [6.07, 6.45) is 0.294. The molecule has 3 N–H and O–H groups in total. The Morgan fingerprint density at radius 3 is 2.79 bits per heavy atom. The number of amides is 1. The lowest BCUT2D eigenvalue weighted by molar-refractivity contribution is -0.142. The van der Waals surface area contributed by atoms with E-state index < -0.39 is 11.8 Å². The molecule has 7 heteroatoms. The summed E-state index contributed by atoms with van der Waals surface area (Å²) in [6, 6.07) is 7.14. The number of H-pyrrole nitrogens is 1. The van der Waals surface area contributed by atoms with Crippen LogP contribution in [0.25, 0.3) is 10.9 Å². The summed E-state index contributed by atoms with van der Waals surface area (Å²) in [5.74, 6) is -1.45. The lowest BCUT2D eigenvalue weighted by Crippen LogP contribution is -2.19. The van der Waals surface area contributed by atoms with Gasteiger partial charge in [0.25, 0.3) is 5.91 Å². The van der Waals surface area contributed by atoms with Crippen LogP contribution in [0.1, 0.15) is 27.5 Å². The fraction of sp³-hybridized carbons (Fsp3) is 0.176. The SMILES string of the molecule is COC(=O)C(Cc1c(C(N)=O)[nH]c2ccc(Cl)cc12)c1ccsc1. The topological polar surface area (TPSA) is 85.2 Å². The van der Waals surface area contributed by atoms with Gasteiger partial charge in [0.1, 0.15) is 5.69 Å². The quantitative estimate of drug-likeness (QED) is 0.681. The normalized spacial score (nSPS) is 12.2. The van der Waals surface area contributed by atoms with Crippen molar-refractivity contribution in [3.05, 3.63) is 56.9 Å². The van der Waals surface area contributed by atoms with Gasteiger partial charge in [0, 0.05) is 15.9 Å². The van der Waals surface area contributed by atoms with E-state index in [2.05, 4.69) is 4.98 Å². The maximum absolute atomic E-state index is 12.3. The van der Waals surface area contributed by atoms with Crippen molar-refractivity contribution in [2.24, 2.45) is 5.73 Å². The van der Waals surface area contributed by atoms with Gasteiger partial charge in [-0.3, -0.25) is 9.59 Å². The minimum absolute atomic E-state index is 0.288. The molecule has 0 bridgehead atoms. The fourth-order valence-electron chi connectivity index (χ4n) is 2.80. The Hall–Kier alpha value is -2.31. The van der Waals surface area contributed by atoms with E-state index in [1.165, 1.54) is 18.4 Å². The number of ether oxygens (including phenoxy) is 1. The number of thiophene rings is 1. The van der Waals surface area contributed by atoms with E-state index in [-0.39, 0.29) is 11.7 Å². The number of nitrogens with one attached hydrogen (secondary N) is 1. The highest BCUT2D eigenvalue weighted by molar-refractivity contribution is 7.08. The van der Waals surface area contributed by atoms with Crippen molar-refractivity contribution in [2.75, 3.05) is 7.11 Å². The number of aromatic nitrogens is 1. The molecule has 0 fully saturated rings. The summed E-state index contributed by atoms with van der Waals surface area (Å²) in [5.41, 5.74) is 8.05. The minimum Gasteiger partial charge on any atom is -0.469 e. The van der Waals surface area contributed by atoms with Gasteiger partial charge < -0.3 is 15.5 Å². The fourth-order valence-corrected chi connectivity index (χ4v) is 3.69. The van der Waals surface area contributed by atoms with Crippen LogP contribution in [0.3, 0.4) is 0 Å². The van der Waals surface area contributed by atoms with E-state index in [9.17, 15) is 9.59 Å². The van der Waals surface area contributed by atoms with Crippen molar-refractivity contribution in [1.29, 1.82) is 0 Å². The molecule has 1 atom stereocenters. The smallest absolute Gasteiger partial charge is 0.313 e. The number of fused-ring (bicyclic) bond motifs is 1. The Labute approximate surface area is 147 Å². The molecule has 3 aromatic rings. The average Bonchev–Trinajstić information content (AvgIpc) is 3.19. The molecular weight excluding hydrogens is 348 g/mol. The number of halogens is 1. The maximum Gasteiger partial charge on any atom is 0.313 e. The first-order chi connectivity index (χ1) is 11.5. The van der Waals surface area contributed by atoms with Crippen molar-refractivity contribution in [2.45, 2.75) is 12.3 Å². The third kappa shape index (κ3) is 3.02. The Morgan fingerprint density at radius 1 is 1.38 bits per heavy atom. The first-order valence-corrected chi connectivity index (χ1v) is 8.53. The van der Waals surface area contributed by atoms with E-state index in [0.29, 0.717) is 17.0 Å². The van der Waals surface area contributed by atoms with Crippen LogP contribution in [0.15, 0.2) is 35.0 Å². The molecule has 0 saturated heterocycles. The number of nitrogens with two attached hydrogens (primary N) is 1. The number of methoxy groups -OCH3 is 1. The van der Waals surface area contributed by atoms with E-state index in [4.69, 9.17) is 22.1 Å². The van der Waals surface area contributed by atoms with Crippen molar-refractivity contribution in [3.8, 4) is 0 Å². The second kappa shape index (κ2) is 6.67. The van der Waals surface area contributed by atoms with Crippen molar-refractivity contribution in [3.63, 3.8) is 0 Å². The van der Waals surface area contributed by atoms with Gasteiger partial charge in [-0.05, 0) is 52.6 Å². The number of hydrogen-bond donors (Lipinski definition) is 2. The summed E-state index contributed by atoms with van der Waals surface area (Å²) in [4.78, 5) is 27.1. The van der Waals surface area contributed by atoms with Crippen molar-refractivity contribution >= 4 is 45.7 Å². The maximum atomic E-state index is 12.3. The molecule has 0 aliphatic rings. The molecule has 2 heterocycles. The molecular formula is C17H15ClN2O3S. The van der Waals surface area contributed by atoms with Crippen LogP contribution in [-0.4, -0.2) is 24.0 Å². The predicted molar refractivity (Wildman–Crippen MR) is 94.6 cm³/mol. The molecule has 0 aliphatic heterocycles. The predicted octanol–water partition coefficient (Wildman–Crippen LogP) is 3.48. The van der Waals surface area contributed by atoms with E-state index in [1.807, 2.05) is 16.8 Å². The van der Waals surface area contributed by atoms with Gasteiger partial charge >= 0.3 is 5.97 Å². The zero-order valence-electron chi connectivity index (χ0n) is 12.8. The Morgan fingerprint density at radius 2 is 2.17 bits per heavy atom. The molecule has 24 heavy (non-hydrogen) atoms.